The second-order valence-electron chi connectivity index (χ2n) is 23.1. The lowest BCUT2D eigenvalue weighted by molar-refractivity contribution is -0.125. The number of pyridine rings is 1. The van der Waals surface area contributed by atoms with Crippen LogP contribution in [-0.2, 0) is 24.6 Å². The summed E-state index contributed by atoms with van der Waals surface area (Å²) in [4.78, 5) is 112. The number of nitrogens with one attached hydrogen (secondary N) is 4. The first-order valence-corrected chi connectivity index (χ1v) is 28.8. The molecule has 2 unspecified atom stereocenters. The number of aldehydes is 1. The molecule has 20 heteroatoms. The van der Waals surface area contributed by atoms with Gasteiger partial charge in [0.1, 0.15) is 17.6 Å². The number of aromatic nitrogens is 3. The van der Waals surface area contributed by atoms with Crippen molar-refractivity contribution in [2.75, 3.05) is 74.5 Å². The number of hydrogen-bond donors (Lipinski definition) is 4. The lowest BCUT2D eigenvalue weighted by Crippen LogP contribution is -2.57. The van der Waals surface area contributed by atoms with Crippen molar-refractivity contribution < 1.29 is 38.0 Å². The van der Waals surface area contributed by atoms with Crippen molar-refractivity contribution in [1.29, 1.82) is 0 Å². The van der Waals surface area contributed by atoms with Crippen LogP contribution >= 0.6 is 0 Å². The first-order chi connectivity index (χ1) is 39.0. The van der Waals surface area contributed by atoms with Gasteiger partial charge in [0.2, 0.25) is 18.2 Å². The standard InChI is InChI=1S/C61H75FN12O7/c1-37(2)66-57(78)46-32-51(49(62)27-39(46)5)68-56-55-52(65-35-72(55)38(3)4)33-50(67-56)40-11-15-48-53(28-40)73(44-29-43(30-44)70-21-8-7-9-22-70)60(81)61(48,18-19-64-36-76)17-10-20-69-23-25-71(26-24-69)41-12-14-45-47(31-41)59(80)74(58(45)79)42(34-75)13-16-54(77)63-6/h11-12,14-15,27-28,31-38,42-44H,7-10,13,16-26,29-30H2,1-6H3,(H,63,77)(H,64,76)(H,66,78)(H,67,68). The zero-order valence-electron chi connectivity index (χ0n) is 47.4. The number of nitrogens with zero attached hydrogens (tertiary/aromatic N) is 8. The van der Waals surface area contributed by atoms with E-state index >= 15 is 9.18 Å². The SMILES string of the molecule is CNC(=O)CCC(C=O)N1C(=O)c2ccc(N3CCN(CCCC4(CCNC=O)C(=O)N(C5CC(N6CCCCC6)C5)c5cc(-c6cc7ncn(C(C)C)c7c(Nc7cc(C(=O)NC(C)C)c(C)cc7F)n6)ccc54)CC3)cc2C1=O. The lowest BCUT2D eigenvalue weighted by Gasteiger charge is -2.48. The highest BCUT2D eigenvalue weighted by molar-refractivity contribution is 6.22. The van der Waals surface area contributed by atoms with Gasteiger partial charge in [-0.05, 0) is 159 Å². The van der Waals surface area contributed by atoms with E-state index in [4.69, 9.17) is 9.97 Å². The first-order valence-electron chi connectivity index (χ1n) is 28.8. The number of aryl methyl sites for hydroxylation is 1. The van der Waals surface area contributed by atoms with E-state index in [2.05, 4.69) is 48.1 Å². The molecule has 3 aromatic carbocycles. The molecule has 5 aliphatic rings. The summed E-state index contributed by atoms with van der Waals surface area (Å²) in [5.74, 6) is -1.82. The second kappa shape index (κ2) is 23.9. The summed E-state index contributed by atoms with van der Waals surface area (Å²) in [5, 5.41) is 11.6. The van der Waals surface area contributed by atoms with Crippen molar-refractivity contribution in [3.05, 3.63) is 94.6 Å². The molecule has 6 heterocycles. The van der Waals surface area contributed by atoms with E-state index in [0.717, 1.165) is 73.0 Å². The fourth-order valence-electron chi connectivity index (χ4n) is 12.8. The number of fused-ring (bicyclic) bond motifs is 3. The minimum atomic E-state index is -1.05. The number of anilines is 4. The molecule has 4 N–H and O–H groups in total. The van der Waals surface area contributed by atoms with Gasteiger partial charge in [0.25, 0.3) is 17.7 Å². The van der Waals surface area contributed by atoms with Crippen LogP contribution in [-0.4, -0.2) is 155 Å². The van der Waals surface area contributed by atoms with Crippen molar-refractivity contribution in [2.24, 2.45) is 0 Å². The zero-order chi connectivity index (χ0) is 57.3. The highest BCUT2D eigenvalue weighted by atomic mass is 19.1. The van der Waals surface area contributed by atoms with E-state index in [-0.39, 0.29) is 65.5 Å². The fourth-order valence-corrected chi connectivity index (χ4v) is 12.8. The van der Waals surface area contributed by atoms with Gasteiger partial charge in [-0.2, -0.15) is 0 Å². The summed E-state index contributed by atoms with van der Waals surface area (Å²) in [6.45, 7) is 15.4. The Morgan fingerprint density at radius 2 is 1.62 bits per heavy atom. The van der Waals surface area contributed by atoms with E-state index in [1.807, 2.05) is 55.4 Å². The Morgan fingerprint density at radius 1 is 0.864 bits per heavy atom. The summed E-state index contributed by atoms with van der Waals surface area (Å²) < 4.78 is 18.0. The van der Waals surface area contributed by atoms with Crippen LogP contribution in [0.25, 0.3) is 22.3 Å². The van der Waals surface area contributed by atoms with Gasteiger partial charge in [-0.25, -0.2) is 14.4 Å². The van der Waals surface area contributed by atoms with Crippen LogP contribution in [0.5, 0.6) is 0 Å². The number of imidazole rings is 1. The lowest BCUT2D eigenvalue weighted by atomic mass is 9.74. The topological polar surface area (TPSA) is 215 Å². The summed E-state index contributed by atoms with van der Waals surface area (Å²) in [6.07, 6.45) is 9.98. The number of likely N-dealkylation sites (tertiary alicyclic amines) is 1. The monoisotopic (exact) mass is 1110 g/mol. The van der Waals surface area contributed by atoms with E-state index in [1.165, 1.54) is 38.4 Å². The molecule has 3 fully saturated rings. The van der Waals surface area contributed by atoms with Gasteiger partial charge in [0.05, 0.1) is 45.8 Å². The van der Waals surface area contributed by atoms with Gasteiger partial charge in [-0.3, -0.25) is 38.6 Å². The molecule has 19 nitrogen and oxygen atoms in total. The number of hydrogen-bond acceptors (Lipinski definition) is 13. The Morgan fingerprint density at radius 3 is 2.32 bits per heavy atom. The van der Waals surface area contributed by atoms with Crippen molar-refractivity contribution in [3.63, 3.8) is 0 Å². The van der Waals surface area contributed by atoms with E-state index in [9.17, 15) is 28.8 Å². The Kier molecular flexibility index (Phi) is 16.7. The number of benzene rings is 3. The number of carbonyl (C=O) groups is 7. The molecular weight excluding hydrogens is 1030 g/mol. The predicted molar refractivity (Wildman–Crippen MR) is 308 cm³/mol. The molecule has 2 aromatic heterocycles. The molecule has 2 atom stereocenters. The molecular formula is C61H75FN12O7. The van der Waals surface area contributed by atoms with Gasteiger partial charge >= 0.3 is 0 Å². The van der Waals surface area contributed by atoms with Crippen LogP contribution in [0, 0.1) is 12.7 Å². The minimum absolute atomic E-state index is 0.00155. The van der Waals surface area contributed by atoms with Crippen LogP contribution in [0.2, 0.25) is 0 Å². The maximum Gasteiger partial charge on any atom is 0.262 e. The second-order valence-corrected chi connectivity index (χ2v) is 23.1. The third-order valence-corrected chi connectivity index (χ3v) is 17.3. The number of piperidine rings is 1. The van der Waals surface area contributed by atoms with Crippen LogP contribution < -0.4 is 31.1 Å². The van der Waals surface area contributed by atoms with Crippen LogP contribution in [0.4, 0.5) is 27.3 Å². The highest BCUT2D eigenvalue weighted by Gasteiger charge is 2.54. The number of rotatable bonds is 22. The number of piperazine rings is 1. The third kappa shape index (κ3) is 11.2. The Bertz CT molecular complexity index is 3250. The van der Waals surface area contributed by atoms with Gasteiger partial charge in [-0.15, -0.1) is 0 Å². The quantitative estimate of drug-likeness (QED) is 0.0312. The van der Waals surface area contributed by atoms with Gasteiger partial charge < -0.3 is 45.3 Å². The number of carbonyl (C=O) groups excluding carboxylic acids is 7. The normalized spacial score (nSPS) is 20.7. The molecule has 1 aliphatic carbocycles. The Hall–Kier alpha value is -7.58. The van der Waals surface area contributed by atoms with Gasteiger partial charge in [0, 0.05) is 92.9 Å². The molecule has 5 aromatic rings. The zero-order valence-corrected chi connectivity index (χ0v) is 47.4. The molecule has 81 heavy (non-hydrogen) atoms. The fraction of sp³-hybridized carbons (Fsp3) is 0.492. The molecule has 6 amide bonds. The largest absolute Gasteiger partial charge is 0.369 e. The molecule has 4 aliphatic heterocycles. The van der Waals surface area contributed by atoms with Crippen molar-refractivity contribution >= 4 is 76.1 Å². The first kappa shape index (κ1) is 56.7. The van der Waals surface area contributed by atoms with E-state index in [1.54, 1.807) is 25.4 Å². The number of halogens is 1. The Balaban J connectivity index is 0.914. The maximum atomic E-state index is 16.0. The third-order valence-electron chi connectivity index (χ3n) is 17.3. The average Bonchev–Trinajstić information content (AvgIpc) is 2.58. The van der Waals surface area contributed by atoms with Gasteiger partial charge in [-0.1, -0.05) is 18.6 Å². The van der Waals surface area contributed by atoms with Gasteiger partial charge in [0.15, 0.2) is 5.82 Å². The molecule has 1 saturated carbocycles. The average molecular weight is 1110 g/mol. The smallest absolute Gasteiger partial charge is 0.262 e. The van der Waals surface area contributed by atoms with Crippen molar-refractivity contribution in [2.45, 2.75) is 134 Å². The molecule has 0 spiro atoms. The number of amides is 6. The molecule has 0 radical (unpaired) electrons. The molecule has 428 valence electrons. The summed E-state index contributed by atoms with van der Waals surface area (Å²) in [6, 6.07) is 15.3. The van der Waals surface area contributed by atoms with Crippen LogP contribution in [0.1, 0.15) is 140 Å². The van der Waals surface area contributed by atoms with E-state index in [0.29, 0.717) is 91.3 Å². The summed E-state index contributed by atoms with van der Waals surface area (Å²) in [5.41, 5.74) is 5.67. The number of imide groups is 1. The highest BCUT2D eigenvalue weighted by Crippen LogP contribution is 2.52. The predicted octanol–water partition coefficient (Wildman–Crippen LogP) is 7.04. The van der Waals surface area contributed by atoms with Crippen molar-refractivity contribution in [3.8, 4) is 11.3 Å². The summed E-state index contributed by atoms with van der Waals surface area (Å²) >= 11 is 0. The van der Waals surface area contributed by atoms with Crippen LogP contribution in [0.15, 0.2) is 60.9 Å². The van der Waals surface area contributed by atoms with Crippen LogP contribution in [0.3, 0.4) is 0 Å². The molecule has 0 bridgehead atoms. The maximum absolute atomic E-state index is 16.0. The molecule has 10 rings (SSSR count). The van der Waals surface area contributed by atoms with Crippen molar-refractivity contribution in [1.82, 2.24) is 45.2 Å². The Labute approximate surface area is 472 Å². The minimum Gasteiger partial charge on any atom is -0.369 e. The molecule has 2 saturated heterocycles. The summed E-state index contributed by atoms with van der Waals surface area (Å²) in [7, 11) is 1.49. The van der Waals surface area contributed by atoms with E-state index < -0.39 is 29.1 Å².